The zero-order valence-corrected chi connectivity index (χ0v) is 15.1. The Balaban J connectivity index is 1.76. The highest BCUT2D eigenvalue weighted by atomic mass is 16.3. The first-order valence-electron chi connectivity index (χ1n) is 8.80. The molecule has 5 N–H and O–H groups in total. The Morgan fingerprint density at radius 1 is 0.741 bits per heavy atom. The highest BCUT2D eigenvalue weighted by Crippen LogP contribution is 2.07. The predicted molar refractivity (Wildman–Crippen MR) is 102 cm³/mol. The molecule has 2 aromatic rings. The lowest BCUT2D eigenvalue weighted by Crippen LogP contribution is -2.35. The molecule has 0 aliphatic heterocycles. The molecule has 0 spiro atoms. The van der Waals surface area contributed by atoms with Gasteiger partial charge in [0.15, 0.2) is 0 Å². The van der Waals surface area contributed by atoms with Crippen molar-refractivity contribution in [3.63, 3.8) is 0 Å². The summed E-state index contributed by atoms with van der Waals surface area (Å²) in [5.41, 5.74) is 3.20. The summed E-state index contributed by atoms with van der Waals surface area (Å²) in [5.74, 6) is -0.176. The maximum atomic E-state index is 12.1. The number of benzene rings is 2. The minimum absolute atomic E-state index is 0.0479. The molecule has 0 radical (unpaired) electrons. The number of carbonyl (C=O) groups is 2. The van der Waals surface area contributed by atoms with E-state index in [1.54, 1.807) is 24.3 Å². The number of aliphatic hydroxyl groups excluding tert-OH is 2. The summed E-state index contributed by atoms with van der Waals surface area (Å²) in [6, 6.07) is 14.1. The van der Waals surface area contributed by atoms with Crippen molar-refractivity contribution in [1.29, 1.82) is 0 Å². The zero-order chi connectivity index (χ0) is 19.5. The number of nitrogens with one attached hydrogen (secondary N) is 3. The van der Waals surface area contributed by atoms with E-state index in [-0.39, 0.29) is 25.2 Å². The second kappa shape index (κ2) is 10.9. The van der Waals surface area contributed by atoms with E-state index in [0.717, 1.165) is 16.7 Å². The van der Waals surface area contributed by atoms with Crippen LogP contribution in [0.25, 0.3) is 0 Å². The van der Waals surface area contributed by atoms with E-state index in [9.17, 15) is 9.59 Å². The van der Waals surface area contributed by atoms with Crippen LogP contribution in [0.3, 0.4) is 0 Å². The standard InChI is InChI=1S/C20H25N3O4/c24-11-1-10-21-20(27)23-13-16-4-2-15(3-5-16)12-22-19(26)18-8-6-17(14-25)7-9-18/h2-9,24-25H,1,10-14H2,(H,22,26)(H2,21,23,27). The summed E-state index contributed by atoms with van der Waals surface area (Å²) in [6.07, 6.45) is 0.527. The van der Waals surface area contributed by atoms with E-state index in [0.29, 0.717) is 31.6 Å². The number of urea groups is 1. The average molecular weight is 371 g/mol. The highest BCUT2D eigenvalue weighted by Gasteiger charge is 2.05. The summed E-state index contributed by atoms with van der Waals surface area (Å²) < 4.78 is 0. The number of aliphatic hydroxyl groups is 2. The molecule has 0 heterocycles. The van der Waals surface area contributed by atoms with Gasteiger partial charge in [-0.05, 0) is 35.2 Å². The molecule has 3 amide bonds. The van der Waals surface area contributed by atoms with E-state index < -0.39 is 0 Å². The van der Waals surface area contributed by atoms with Crippen LogP contribution in [0.4, 0.5) is 4.79 Å². The van der Waals surface area contributed by atoms with Crippen LogP contribution in [0.1, 0.15) is 33.5 Å². The minimum atomic E-state index is -0.271. The fraction of sp³-hybridized carbons (Fsp3) is 0.300. The topological polar surface area (TPSA) is 111 Å². The molecule has 2 aromatic carbocycles. The van der Waals surface area contributed by atoms with Gasteiger partial charge in [0, 0.05) is 31.8 Å². The van der Waals surface area contributed by atoms with Gasteiger partial charge in [-0.2, -0.15) is 0 Å². The number of hydrogen-bond acceptors (Lipinski definition) is 4. The first kappa shape index (κ1) is 20.4. The molecule has 27 heavy (non-hydrogen) atoms. The SMILES string of the molecule is O=C(NCCCO)NCc1ccc(CNC(=O)c2ccc(CO)cc2)cc1. The van der Waals surface area contributed by atoms with Crippen molar-refractivity contribution in [2.45, 2.75) is 26.1 Å². The number of carbonyl (C=O) groups excluding carboxylic acids is 2. The monoisotopic (exact) mass is 371 g/mol. The van der Waals surface area contributed by atoms with Gasteiger partial charge in [-0.15, -0.1) is 0 Å². The van der Waals surface area contributed by atoms with Gasteiger partial charge in [0.1, 0.15) is 0 Å². The molecular weight excluding hydrogens is 346 g/mol. The van der Waals surface area contributed by atoms with E-state index in [1.165, 1.54) is 0 Å². The van der Waals surface area contributed by atoms with Crippen molar-refractivity contribution >= 4 is 11.9 Å². The Labute approximate surface area is 158 Å². The third kappa shape index (κ3) is 7.08. The summed E-state index contributed by atoms with van der Waals surface area (Å²) >= 11 is 0. The van der Waals surface area contributed by atoms with Gasteiger partial charge < -0.3 is 26.2 Å². The first-order valence-corrected chi connectivity index (χ1v) is 8.80. The molecule has 0 fully saturated rings. The lowest BCUT2D eigenvalue weighted by Gasteiger charge is -2.09. The molecule has 0 aliphatic rings. The number of rotatable bonds is 9. The molecule has 0 saturated carbocycles. The van der Waals surface area contributed by atoms with Crippen molar-refractivity contribution in [3.05, 3.63) is 70.8 Å². The lowest BCUT2D eigenvalue weighted by atomic mass is 10.1. The molecule has 0 aromatic heterocycles. The summed E-state index contributed by atoms with van der Waals surface area (Å²) in [5, 5.41) is 25.9. The van der Waals surface area contributed by atoms with Crippen molar-refractivity contribution in [2.24, 2.45) is 0 Å². The van der Waals surface area contributed by atoms with Gasteiger partial charge in [0.25, 0.3) is 5.91 Å². The Hall–Kier alpha value is -2.90. The molecule has 0 saturated heterocycles. The molecule has 144 valence electrons. The molecule has 0 aliphatic carbocycles. The quantitative estimate of drug-likeness (QED) is 0.428. The molecule has 2 rings (SSSR count). The van der Waals surface area contributed by atoms with Crippen LogP contribution in [0.5, 0.6) is 0 Å². The average Bonchev–Trinajstić information content (AvgIpc) is 2.71. The molecular formula is C20H25N3O4. The Kier molecular flexibility index (Phi) is 8.28. The molecule has 0 unspecified atom stereocenters. The van der Waals surface area contributed by atoms with E-state index >= 15 is 0 Å². The Bertz CT molecular complexity index is 730. The van der Waals surface area contributed by atoms with Gasteiger partial charge in [0.05, 0.1) is 6.61 Å². The summed E-state index contributed by atoms with van der Waals surface area (Å²) in [4.78, 5) is 23.7. The summed E-state index contributed by atoms with van der Waals surface area (Å²) in [7, 11) is 0. The fourth-order valence-corrected chi connectivity index (χ4v) is 2.35. The predicted octanol–water partition coefficient (Wildman–Crippen LogP) is 1.29. The zero-order valence-electron chi connectivity index (χ0n) is 15.1. The third-order valence-corrected chi connectivity index (χ3v) is 3.95. The number of amides is 3. The van der Waals surface area contributed by atoms with Crippen LogP contribution in [-0.4, -0.2) is 35.3 Å². The van der Waals surface area contributed by atoms with Crippen LogP contribution >= 0.6 is 0 Å². The van der Waals surface area contributed by atoms with Gasteiger partial charge in [-0.3, -0.25) is 4.79 Å². The van der Waals surface area contributed by atoms with Gasteiger partial charge in [-0.25, -0.2) is 4.79 Å². The van der Waals surface area contributed by atoms with Crippen LogP contribution in [0.2, 0.25) is 0 Å². The minimum Gasteiger partial charge on any atom is -0.396 e. The fourth-order valence-electron chi connectivity index (χ4n) is 2.35. The van der Waals surface area contributed by atoms with E-state index in [4.69, 9.17) is 10.2 Å². The second-order valence-electron chi connectivity index (χ2n) is 6.04. The van der Waals surface area contributed by atoms with Crippen LogP contribution in [0, 0.1) is 0 Å². The van der Waals surface area contributed by atoms with Crippen molar-refractivity contribution in [3.8, 4) is 0 Å². The summed E-state index contributed by atoms with van der Waals surface area (Å²) in [6.45, 7) is 1.23. The van der Waals surface area contributed by atoms with Crippen LogP contribution in [-0.2, 0) is 19.7 Å². The number of hydrogen-bond donors (Lipinski definition) is 5. The maximum absolute atomic E-state index is 12.1. The van der Waals surface area contributed by atoms with Crippen molar-refractivity contribution in [2.75, 3.05) is 13.2 Å². The molecule has 0 atom stereocenters. The second-order valence-corrected chi connectivity index (χ2v) is 6.04. The Morgan fingerprint density at radius 3 is 1.85 bits per heavy atom. The third-order valence-electron chi connectivity index (χ3n) is 3.95. The van der Waals surface area contributed by atoms with Crippen LogP contribution in [0.15, 0.2) is 48.5 Å². The first-order chi connectivity index (χ1) is 13.1. The smallest absolute Gasteiger partial charge is 0.315 e. The van der Waals surface area contributed by atoms with Crippen molar-refractivity contribution < 1.29 is 19.8 Å². The highest BCUT2D eigenvalue weighted by molar-refractivity contribution is 5.94. The Morgan fingerprint density at radius 2 is 1.30 bits per heavy atom. The van der Waals surface area contributed by atoms with Gasteiger partial charge in [-0.1, -0.05) is 36.4 Å². The largest absolute Gasteiger partial charge is 0.396 e. The van der Waals surface area contributed by atoms with E-state index in [2.05, 4.69) is 16.0 Å². The normalized spacial score (nSPS) is 10.3. The maximum Gasteiger partial charge on any atom is 0.315 e. The van der Waals surface area contributed by atoms with Crippen LogP contribution < -0.4 is 16.0 Å². The molecule has 0 bridgehead atoms. The van der Waals surface area contributed by atoms with Gasteiger partial charge in [0.2, 0.25) is 0 Å². The van der Waals surface area contributed by atoms with Crippen molar-refractivity contribution in [1.82, 2.24) is 16.0 Å². The van der Waals surface area contributed by atoms with E-state index in [1.807, 2.05) is 24.3 Å². The molecule has 7 heteroatoms. The van der Waals surface area contributed by atoms with Gasteiger partial charge >= 0.3 is 6.03 Å². The lowest BCUT2D eigenvalue weighted by molar-refractivity contribution is 0.0950. The molecule has 7 nitrogen and oxygen atoms in total.